The van der Waals surface area contributed by atoms with E-state index >= 15 is 0 Å². The summed E-state index contributed by atoms with van der Waals surface area (Å²) in [5.74, 6) is -3.38. The molecule has 0 atom stereocenters. The highest BCUT2D eigenvalue weighted by atomic mass is 16.5. The lowest BCUT2D eigenvalue weighted by Crippen LogP contribution is -2.42. The van der Waals surface area contributed by atoms with E-state index in [2.05, 4.69) is 11.9 Å². The fraction of sp³-hybridized carbons (Fsp3) is 0.533. The lowest BCUT2D eigenvalue weighted by Gasteiger charge is -2.36. The molecule has 1 spiro atoms. The van der Waals surface area contributed by atoms with E-state index in [4.69, 9.17) is 20.1 Å². The predicted octanol–water partition coefficient (Wildman–Crippen LogP) is 0.594. The van der Waals surface area contributed by atoms with Gasteiger partial charge in [-0.05, 0) is 25.5 Å². The summed E-state index contributed by atoms with van der Waals surface area (Å²) in [5.41, 5.74) is 0.861. The number of carboxylic acids is 3. The smallest absolute Gasteiger partial charge is 0.328 e. The quantitative estimate of drug-likeness (QED) is 0.643. The van der Waals surface area contributed by atoms with E-state index in [1.54, 1.807) is 0 Å². The second-order valence-electron chi connectivity index (χ2n) is 5.60. The van der Waals surface area contributed by atoms with Crippen molar-refractivity contribution in [3.8, 4) is 0 Å². The SMILES string of the molecule is CN1CCC2(CC1)CC(=CC(=O)O)CO2.O=C(O)C=CC(=O)O. The molecule has 0 aromatic heterocycles. The van der Waals surface area contributed by atoms with E-state index in [-0.39, 0.29) is 5.60 Å². The number of nitrogens with zero attached hydrogens (tertiary/aromatic N) is 1. The van der Waals surface area contributed by atoms with Gasteiger partial charge in [-0.1, -0.05) is 0 Å². The van der Waals surface area contributed by atoms with Crippen LogP contribution in [0.3, 0.4) is 0 Å². The van der Waals surface area contributed by atoms with Crippen LogP contribution in [0.5, 0.6) is 0 Å². The van der Waals surface area contributed by atoms with Crippen molar-refractivity contribution in [2.24, 2.45) is 0 Å². The summed E-state index contributed by atoms with van der Waals surface area (Å²) in [6.45, 7) is 2.58. The Bertz CT molecular complexity index is 500. The lowest BCUT2D eigenvalue weighted by atomic mass is 9.87. The molecule has 128 valence electrons. The molecular weight excluding hydrogens is 306 g/mol. The Morgan fingerprint density at radius 3 is 2.00 bits per heavy atom. The van der Waals surface area contributed by atoms with Crippen molar-refractivity contribution in [1.29, 1.82) is 0 Å². The van der Waals surface area contributed by atoms with Gasteiger partial charge in [0.2, 0.25) is 0 Å². The number of ether oxygens (including phenoxy) is 1. The molecule has 2 saturated heterocycles. The zero-order chi connectivity index (χ0) is 17.5. The zero-order valence-corrected chi connectivity index (χ0v) is 12.9. The molecule has 2 fully saturated rings. The number of likely N-dealkylation sites (tertiary alicyclic amines) is 1. The van der Waals surface area contributed by atoms with Gasteiger partial charge in [0.15, 0.2) is 0 Å². The Labute approximate surface area is 133 Å². The van der Waals surface area contributed by atoms with Crippen LogP contribution in [0.1, 0.15) is 19.3 Å². The largest absolute Gasteiger partial charge is 0.478 e. The Balaban J connectivity index is 0.000000284. The number of piperidine rings is 1. The molecule has 2 aliphatic heterocycles. The van der Waals surface area contributed by atoms with Gasteiger partial charge >= 0.3 is 17.9 Å². The first-order chi connectivity index (χ1) is 10.7. The van der Waals surface area contributed by atoms with E-state index in [1.165, 1.54) is 6.08 Å². The summed E-state index contributed by atoms with van der Waals surface area (Å²) in [5, 5.41) is 24.3. The van der Waals surface area contributed by atoms with Gasteiger partial charge in [0.1, 0.15) is 0 Å². The molecule has 8 heteroatoms. The summed E-state index contributed by atoms with van der Waals surface area (Å²) >= 11 is 0. The first-order valence-electron chi connectivity index (χ1n) is 7.11. The van der Waals surface area contributed by atoms with Gasteiger partial charge in [-0.15, -0.1) is 0 Å². The van der Waals surface area contributed by atoms with Crippen LogP contribution in [0.15, 0.2) is 23.8 Å². The summed E-state index contributed by atoms with van der Waals surface area (Å²) < 4.78 is 5.78. The third-order valence-corrected chi connectivity index (χ3v) is 3.71. The number of carbonyl (C=O) groups is 3. The van der Waals surface area contributed by atoms with Crippen LogP contribution < -0.4 is 0 Å². The monoisotopic (exact) mass is 327 g/mol. The van der Waals surface area contributed by atoms with Crippen molar-refractivity contribution in [2.45, 2.75) is 24.9 Å². The molecule has 2 rings (SSSR count). The second-order valence-corrected chi connectivity index (χ2v) is 5.60. The zero-order valence-electron chi connectivity index (χ0n) is 12.9. The van der Waals surface area contributed by atoms with Crippen molar-refractivity contribution < 1.29 is 34.4 Å². The minimum Gasteiger partial charge on any atom is -0.478 e. The third-order valence-electron chi connectivity index (χ3n) is 3.71. The van der Waals surface area contributed by atoms with Crippen molar-refractivity contribution in [3.05, 3.63) is 23.8 Å². The highest BCUT2D eigenvalue weighted by Crippen LogP contribution is 2.37. The molecule has 3 N–H and O–H groups in total. The van der Waals surface area contributed by atoms with E-state index in [1.807, 2.05) is 0 Å². The molecule has 0 radical (unpaired) electrons. The minimum absolute atomic E-state index is 0.0617. The molecule has 2 heterocycles. The number of carboxylic acid groups (broad SMARTS) is 3. The van der Waals surface area contributed by atoms with Crippen LogP contribution >= 0.6 is 0 Å². The minimum atomic E-state index is -1.26. The fourth-order valence-electron chi connectivity index (χ4n) is 2.52. The first kappa shape index (κ1) is 18.9. The predicted molar refractivity (Wildman–Crippen MR) is 80.2 cm³/mol. The van der Waals surface area contributed by atoms with E-state index in [0.717, 1.165) is 37.9 Å². The van der Waals surface area contributed by atoms with Crippen LogP contribution in [0.25, 0.3) is 0 Å². The van der Waals surface area contributed by atoms with Crippen LogP contribution in [0.2, 0.25) is 0 Å². The van der Waals surface area contributed by atoms with Gasteiger partial charge in [0.25, 0.3) is 0 Å². The van der Waals surface area contributed by atoms with E-state index in [0.29, 0.717) is 18.8 Å². The number of aliphatic carboxylic acids is 3. The molecule has 0 aliphatic carbocycles. The second kappa shape index (κ2) is 8.44. The normalized spacial score (nSPS) is 22.0. The Morgan fingerprint density at radius 1 is 1.04 bits per heavy atom. The number of hydrogen-bond donors (Lipinski definition) is 3. The highest BCUT2D eigenvalue weighted by Gasteiger charge is 2.39. The molecule has 0 unspecified atom stereocenters. The highest BCUT2D eigenvalue weighted by molar-refractivity contribution is 5.89. The summed E-state index contributed by atoms with van der Waals surface area (Å²) in [4.78, 5) is 31.9. The molecule has 8 nitrogen and oxygen atoms in total. The van der Waals surface area contributed by atoms with Crippen molar-refractivity contribution in [3.63, 3.8) is 0 Å². The average Bonchev–Trinajstić information content (AvgIpc) is 2.83. The maximum Gasteiger partial charge on any atom is 0.328 e. The topological polar surface area (TPSA) is 124 Å². The van der Waals surface area contributed by atoms with Crippen molar-refractivity contribution in [1.82, 2.24) is 4.90 Å². The number of hydrogen-bond acceptors (Lipinski definition) is 5. The molecule has 23 heavy (non-hydrogen) atoms. The average molecular weight is 327 g/mol. The van der Waals surface area contributed by atoms with Gasteiger partial charge in [-0.25, -0.2) is 14.4 Å². The molecular formula is C15H21NO7. The molecule has 0 aromatic carbocycles. The summed E-state index contributed by atoms with van der Waals surface area (Å²) in [7, 11) is 2.11. The van der Waals surface area contributed by atoms with Crippen molar-refractivity contribution in [2.75, 3.05) is 26.7 Å². The summed E-state index contributed by atoms with van der Waals surface area (Å²) in [6, 6.07) is 0. The number of rotatable bonds is 3. The summed E-state index contributed by atoms with van der Waals surface area (Å²) in [6.07, 6.45) is 5.24. The molecule has 0 amide bonds. The van der Waals surface area contributed by atoms with Gasteiger partial charge in [-0.3, -0.25) is 0 Å². The van der Waals surface area contributed by atoms with Gasteiger partial charge in [-0.2, -0.15) is 0 Å². The Morgan fingerprint density at radius 2 is 1.57 bits per heavy atom. The molecule has 0 bridgehead atoms. The van der Waals surface area contributed by atoms with E-state index < -0.39 is 17.9 Å². The van der Waals surface area contributed by atoms with Gasteiger partial charge in [0.05, 0.1) is 12.2 Å². The Kier molecular flexibility index (Phi) is 6.92. The lowest BCUT2D eigenvalue weighted by molar-refractivity contribution is -0.134. The third kappa shape index (κ3) is 7.07. The van der Waals surface area contributed by atoms with E-state index in [9.17, 15) is 14.4 Å². The Hall–Kier alpha value is -2.19. The van der Waals surface area contributed by atoms with Gasteiger partial charge < -0.3 is 25.0 Å². The van der Waals surface area contributed by atoms with Gasteiger partial charge in [0, 0.05) is 37.7 Å². The maximum absolute atomic E-state index is 10.5. The first-order valence-corrected chi connectivity index (χ1v) is 7.11. The molecule has 0 aromatic rings. The maximum atomic E-state index is 10.5. The molecule has 0 saturated carbocycles. The van der Waals surface area contributed by atoms with Crippen LogP contribution in [-0.2, 0) is 19.1 Å². The van der Waals surface area contributed by atoms with Crippen LogP contribution in [-0.4, -0.2) is 70.5 Å². The fourth-order valence-corrected chi connectivity index (χ4v) is 2.52. The standard InChI is InChI=1S/C11H17NO3.C4H4O4/c1-12-4-2-11(3-5-12)7-9(8-15-11)6-10(13)14;5-3(6)1-2-4(7)8/h6H,2-5,7-8H2,1H3,(H,13,14);1-2H,(H,5,6)(H,7,8). The van der Waals surface area contributed by atoms with Crippen LogP contribution in [0.4, 0.5) is 0 Å². The van der Waals surface area contributed by atoms with Crippen LogP contribution in [0, 0.1) is 0 Å². The molecule has 2 aliphatic rings. The van der Waals surface area contributed by atoms with Crippen molar-refractivity contribution >= 4 is 17.9 Å².